The van der Waals surface area contributed by atoms with Crippen molar-refractivity contribution < 1.29 is 14.2 Å². The number of ether oxygens (including phenoxy) is 3. The first kappa shape index (κ1) is 25.1. The Bertz CT molecular complexity index is 487. The molecule has 0 fully saturated rings. The molecule has 1 rings (SSSR count). The van der Waals surface area contributed by atoms with Crippen LogP contribution in [0.4, 0.5) is 0 Å². The third kappa shape index (κ3) is 12.5. The van der Waals surface area contributed by atoms with Crippen molar-refractivity contribution in [3.63, 3.8) is 0 Å². The van der Waals surface area contributed by atoms with Gasteiger partial charge in [0.05, 0.1) is 26.4 Å². The molecule has 26 heavy (non-hydrogen) atoms. The van der Waals surface area contributed by atoms with E-state index >= 15 is 0 Å². The second-order valence-corrected chi connectivity index (χ2v) is 5.54. The summed E-state index contributed by atoms with van der Waals surface area (Å²) in [5, 5.41) is 6.57. The highest BCUT2D eigenvalue weighted by Gasteiger charge is 1.99. The van der Waals surface area contributed by atoms with Gasteiger partial charge in [-0.15, -0.1) is 24.0 Å². The van der Waals surface area contributed by atoms with Crippen LogP contribution in [0.25, 0.3) is 0 Å². The van der Waals surface area contributed by atoms with Crippen LogP contribution >= 0.6 is 24.0 Å². The lowest BCUT2D eigenvalue weighted by Crippen LogP contribution is -2.38. The van der Waals surface area contributed by atoms with E-state index in [9.17, 15) is 0 Å². The van der Waals surface area contributed by atoms with Crippen LogP contribution in [-0.4, -0.2) is 52.6 Å². The molecule has 1 aromatic rings. The first-order valence-electron chi connectivity index (χ1n) is 9.04. The fourth-order valence-corrected chi connectivity index (χ4v) is 2.21. The van der Waals surface area contributed by atoms with Crippen LogP contribution in [0.3, 0.4) is 0 Å². The molecule has 0 unspecified atom stereocenters. The molecular weight excluding hydrogens is 445 g/mol. The number of halogens is 1. The zero-order valence-corrected chi connectivity index (χ0v) is 18.6. The summed E-state index contributed by atoms with van der Waals surface area (Å²) in [6.45, 7) is 9.68. The third-order valence-corrected chi connectivity index (χ3v) is 3.42. The molecule has 0 aliphatic rings. The normalized spacial score (nSPS) is 11.1. The minimum absolute atomic E-state index is 0. The van der Waals surface area contributed by atoms with Crippen LogP contribution in [0.1, 0.15) is 31.4 Å². The molecular formula is C19H34IN3O3. The molecule has 0 amide bonds. The van der Waals surface area contributed by atoms with E-state index in [-0.39, 0.29) is 24.0 Å². The minimum atomic E-state index is 0. The summed E-state index contributed by atoms with van der Waals surface area (Å²) in [5.41, 5.74) is 2.32. The molecule has 0 atom stereocenters. The maximum absolute atomic E-state index is 5.62. The Balaban J connectivity index is 0.00000625. The predicted molar refractivity (Wildman–Crippen MR) is 117 cm³/mol. The van der Waals surface area contributed by atoms with Crippen LogP contribution < -0.4 is 10.6 Å². The molecule has 0 aliphatic carbocycles. The smallest absolute Gasteiger partial charge is 0.191 e. The Hall–Kier alpha value is -0.900. The van der Waals surface area contributed by atoms with Gasteiger partial charge in [-0.25, -0.2) is 4.99 Å². The highest BCUT2D eigenvalue weighted by Crippen LogP contribution is 2.08. The van der Waals surface area contributed by atoms with Crippen molar-refractivity contribution in [2.45, 2.75) is 33.4 Å². The fourth-order valence-electron chi connectivity index (χ4n) is 2.21. The van der Waals surface area contributed by atoms with E-state index in [0.29, 0.717) is 26.4 Å². The van der Waals surface area contributed by atoms with Gasteiger partial charge in [-0.2, -0.15) is 0 Å². The van der Waals surface area contributed by atoms with Crippen LogP contribution in [0, 0.1) is 0 Å². The summed E-state index contributed by atoms with van der Waals surface area (Å²) in [6, 6.07) is 8.34. The Kier molecular flexibility index (Phi) is 16.9. The molecule has 0 aliphatic heterocycles. The average molecular weight is 479 g/mol. The van der Waals surface area contributed by atoms with E-state index in [4.69, 9.17) is 14.2 Å². The maximum Gasteiger partial charge on any atom is 0.191 e. The van der Waals surface area contributed by atoms with Crippen molar-refractivity contribution in [1.29, 1.82) is 0 Å². The van der Waals surface area contributed by atoms with Crippen molar-refractivity contribution >= 4 is 29.9 Å². The molecule has 0 radical (unpaired) electrons. The van der Waals surface area contributed by atoms with Crippen molar-refractivity contribution in [3.05, 3.63) is 35.4 Å². The van der Waals surface area contributed by atoms with Gasteiger partial charge in [0, 0.05) is 33.4 Å². The largest absolute Gasteiger partial charge is 0.385 e. The van der Waals surface area contributed by atoms with Crippen LogP contribution in [0.5, 0.6) is 0 Å². The van der Waals surface area contributed by atoms with Gasteiger partial charge in [-0.3, -0.25) is 0 Å². The molecule has 0 heterocycles. The molecule has 0 spiro atoms. The minimum Gasteiger partial charge on any atom is -0.385 e. The number of aliphatic imine (C=N–C) groups is 1. The third-order valence-electron chi connectivity index (χ3n) is 3.42. The highest BCUT2D eigenvalue weighted by molar-refractivity contribution is 14.0. The van der Waals surface area contributed by atoms with Crippen molar-refractivity contribution in [1.82, 2.24) is 10.6 Å². The van der Waals surface area contributed by atoms with Gasteiger partial charge in [0.25, 0.3) is 0 Å². The van der Waals surface area contributed by atoms with Gasteiger partial charge in [-0.05, 0) is 31.4 Å². The zero-order chi connectivity index (χ0) is 18.2. The van der Waals surface area contributed by atoms with E-state index in [0.717, 1.165) is 44.2 Å². The summed E-state index contributed by atoms with van der Waals surface area (Å²) < 4.78 is 15.9. The molecule has 150 valence electrons. The second-order valence-electron chi connectivity index (χ2n) is 5.54. The van der Waals surface area contributed by atoms with Crippen LogP contribution in [0.15, 0.2) is 29.3 Å². The molecule has 0 saturated heterocycles. The number of methoxy groups -OCH3 is 1. The zero-order valence-electron chi connectivity index (χ0n) is 16.3. The topological polar surface area (TPSA) is 64.1 Å². The molecule has 7 heteroatoms. The summed E-state index contributed by atoms with van der Waals surface area (Å²) >= 11 is 0. The molecule has 0 saturated carbocycles. The highest BCUT2D eigenvalue weighted by atomic mass is 127. The molecule has 0 aromatic heterocycles. The number of hydrogen-bond donors (Lipinski definition) is 2. The number of hydrogen-bond acceptors (Lipinski definition) is 4. The standard InChI is InChI=1S/C19H33N3O3.HI/c1-4-20-19(21-10-7-11-23-3)22-15-17-8-6-9-18(14-17)16-25-13-12-24-5-2;/h6,8-9,14H,4-5,7,10-13,15-16H2,1-3H3,(H2,20,21,22);1H. The average Bonchev–Trinajstić information content (AvgIpc) is 2.63. The first-order chi connectivity index (χ1) is 12.3. The number of nitrogens with one attached hydrogen (secondary N) is 2. The van der Waals surface area contributed by atoms with E-state index in [1.54, 1.807) is 7.11 Å². The van der Waals surface area contributed by atoms with Gasteiger partial charge in [0.2, 0.25) is 0 Å². The lowest BCUT2D eigenvalue weighted by Gasteiger charge is -2.11. The van der Waals surface area contributed by atoms with E-state index < -0.39 is 0 Å². The van der Waals surface area contributed by atoms with Crippen LogP contribution in [0.2, 0.25) is 0 Å². The number of nitrogens with zero attached hydrogens (tertiary/aromatic N) is 1. The molecule has 2 N–H and O–H groups in total. The number of benzene rings is 1. The lowest BCUT2D eigenvalue weighted by molar-refractivity contribution is 0.0453. The summed E-state index contributed by atoms with van der Waals surface area (Å²) in [4.78, 5) is 4.64. The number of rotatable bonds is 13. The summed E-state index contributed by atoms with van der Waals surface area (Å²) in [6.07, 6.45) is 0.954. The fraction of sp³-hybridized carbons (Fsp3) is 0.632. The quantitative estimate of drug-likeness (QED) is 0.197. The van der Waals surface area contributed by atoms with Crippen molar-refractivity contribution in [2.24, 2.45) is 4.99 Å². The van der Waals surface area contributed by atoms with Gasteiger partial charge >= 0.3 is 0 Å². The SMILES string of the molecule is CCNC(=NCc1cccc(COCCOCC)c1)NCCCOC.I. The second kappa shape index (κ2) is 17.5. The molecule has 6 nitrogen and oxygen atoms in total. The van der Waals surface area contributed by atoms with E-state index in [2.05, 4.69) is 40.7 Å². The summed E-state index contributed by atoms with van der Waals surface area (Å²) in [5.74, 6) is 0.831. The summed E-state index contributed by atoms with van der Waals surface area (Å²) in [7, 11) is 1.72. The number of guanidine groups is 1. The predicted octanol–water partition coefficient (Wildman–Crippen LogP) is 2.95. The Morgan fingerprint density at radius 2 is 1.81 bits per heavy atom. The van der Waals surface area contributed by atoms with E-state index in [1.165, 1.54) is 5.56 Å². The molecule has 1 aromatic carbocycles. The van der Waals surface area contributed by atoms with Gasteiger partial charge < -0.3 is 24.8 Å². The van der Waals surface area contributed by atoms with Gasteiger partial charge in [0.1, 0.15) is 0 Å². The van der Waals surface area contributed by atoms with Crippen molar-refractivity contribution in [2.75, 3.05) is 46.6 Å². The van der Waals surface area contributed by atoms with Gasteiger partial charge in [-0.1, -0.05) is 24.3 Å². The maximum atomic E-state index is 5.62. The Labute approximate surface area is 175 Å². The Morgan fingerprint density at radius 3 is 2.54 bits per heavy atom. The lowest BCUT2D eigenvalue weighted by atomic mass is 10.1. The van der Waals surface area contributed by atoms with E-state index in [1.807, 2.05) is 13.0 Å². The van der Waals surface area contributed by atoms with Gasteiger partial charge in [0.15, 0.2) is 5.96 Å². The van der Waals surface area contributed by atoms with Crippen molar-refractivity contribution in [3.8, 4) is 0 Å². The molecule has 0 bridgehead atoms. The first-order valence-corrected chi connectivity index (χ1v) is 9.04. The Morgan fingerprint density at radius 1 is 1.04 bits per heavy atom. The monoisotopic (exact) mass is 479 g/mol. The van der Waals surface area contributed by atoms with Crippen LogP contribution in [-0.2, 0) is 27.4 Å².